The van der Waals surface area contributed by atoms with Crippen LogP contribution in [-0.2, 0) is 9.53 Å². The number of allylic oxidation sites excluding steroid dienone is 1. The topological polar surface area (TPSA) is 111 Å². The fourth-order valence-electron chi connectivity index (χ4n) is 4.89. The third-order valence-electron chi connectivity index (χ3n) is 7.09. The predicted molar refractivity (Wildman–Crippen MR) is 157 cm³/mol. The molecule has 1 aliphatic heterocycles. The zero-order valence-electron chi connectivity index (χ0n) is 23.4. The molecule has 5 rings (SSSR count). The molecule has 9 heteroatoms. The first-order valence-corrected chi connectivity index (χ1v) is 14.1. The molecule has 0 saturated heterocycles. The van der Waals surface area contributed by atoms with Gasteiger partial charge in [0.2, 0.25) is 0 Å². The van der Waals surface area contributed by atoms with E-state index in [1.807, 2.05) is 31.2 Å². The van der Waals surface area contributed by atoms with Crippen LogP contribution in [0.1, 0.15) is 72.5 Å². The van der Waals surface area contributed by atoms with Crippen molar-refractivity contribution in [3.8, 4) is 11.3 Å². The Bertz CT molecular complexity index is 1870. The molecule has 210 valence electrons. The first kappa shape index (κ1) is 28.0. The lowest BCUT2D eigenvalue weighted by molar-refractivity contribution is -0.139. The average Bonchev–Trinajstić information content (AvgIpc) is 3.52. The van der Waals surface area contributed by atoms with Crippen molar-refractivity contribution in [3.05, 3.63) is 114 Å². The number of nitrogens with zero attached hydrogens (tertiary/aromatic N) is 2. The number of benzene rings is 2. The van der Waals surface area contributed by atoms with Gasteiger partial charge in [-0.15, -0.1) is 0 Å². The molecule has 41 heavy (non-hydrogen) atoms. The lowest BCUT2D eigenvalue weighted by Gasteiger charge is -2.25. The summed E-state index contributed by atoms with van der Waals surface area (Å²) < 4.78 is 13.3. The van der Waals surface area contributed by atoms with Crippen molar-refractivity contribution < 1.29 is 23.8 Å². The van der Waals surface area contributed by atoms with E-state index in [0.717, 1.165) is 16.7 Å². The Morgan fingerprint density at radius 1 is 1.12 bits per heavy atom. The fraction of sp³-hybridized carbons (Fsp3) is 0.250. The van der Waals surface area contributed by atoms with E-state index in [1.165, 1.54) is 11.3 Å². The Balaban J connectivity index is 1.62. The van der Waals surface area contributed by atoms with Crippen LogP contribution in [0.5, 0.6) is 0 Å². The van der Waals surface area contributed by atoms with E-state index in [1.54, 1.807) is 54.8 Å². The Morgan fingerprint density at radius 2 is 1.85 bits per heavy atom. The van der Waals surface area contributed by atoms with Gasteiger partial charge in [0.15, 0.2) is 4.80 Å². The highest BCUT2D eigenvalue weighted by Gasteiger charge is 2.33. The van der Waals surface area contributed by atoms with Crippen molar-refractivity contribution in [2.24, 2.45) is 4.99 Å². The molecule has 0 fully saturated rings. The number of thiazole rings is 1. The summed E-state index contributed by atoms with van der Waals surface area (Å²) in [6.07, 6.45) is 1.64. The largest absolute Gasteiger partial charge is 0.478 e. The summed E-state index contributed by atoms with van der Waals surface area (Å²) in [5.74, 6) is -0.264. The van der Waals surface area contributed by atoms with Gasteiger partial charge >= 0.3 is 11.9 Å². The van der Waals surface area contributed by atoms with Crippen LogP contribution in [0.15, 0.2) is 80.1 Å². The van der Waals surface area contributed by atoms with Crippen molar-refractivity contribution in [2.75, 3.05) is 6.61 Å². The number of furan rings is 1. The second-order valence-corrected chi connectivity index (χ2v) is 11.2. The van der Waals surface area contributed by atoms with Crippen LogP contribution in [-0.4, -0.2) is 28.2 Å². The summed E-state index contributed by atoms with van der Waals surface area (Å²) in [4.78, 5) is 43.5. The van der Waals surface area contributed by atoms with E-state index in [-0.39, 0.29) is 17.7 Å². The number of aromatic carboxylic acids is 1. The van der Waals surface area contributed by atoms with E-state index in [4.69, 9.17) is 9.15 Å². The van der Waals surface area contributed by atoms with Crippen molar-refractivity contribution in [3.63, 3.8) is 0 Å². The molecule has 0 spiro atoms. The number of rotatable bonds is 7. The number of carbonyl (C=O) groups excluding carboxylic acids is 1. The van der Waals surface area contributed by atoms with Crippen LogP contribution in [0.4, 0.5) is 0 Å². The maximum atomic E-state index is 13.9. The van der Waals surface area contributed by atoms with Gasteiger partial charge in [0.05, 0.1) is 34.0 Å². The standard InChI is InChI=1S/C32H30N2O6S/c1-6-39-31(38)27-19(5)33-32-34(28(27)21-11-9-20(10-12-21)17(2)3)29(35)26(41-32)16-23-13-14-25(40-23)24-15-22(30(36)37)8-7-18(24)4/h7-17,28H,6H2,1-5H3,(H,36,37)/b26-16-/t28-/m0/s1. The highest BCUT2D eigenvalue weighted by molar-refractivity contribution is 7.07. The average molecular weight is 571 g/mol. The van der Waals surface area contributed by atoms with Gasteiger partial charge in [0.25, 0.3) is 5.56 Å². The monoisotopic (exact) mass is 570 g/mol. The summed E-state index contributed by atoms with van der Waals surface area (Å²) in [6.45, 7) is 9.79. The molecule has 0 aliphatic carbocycles. The van der Waals surface area contributed by atoms with E-state index in [0.29, 0.717) is 43.6 Å². The molecule has 1 atom stereocenters. The summed E-state index contributed by atoms with van der Waals surface area (Å²) in [5, 5.41) is 9.39. The summed E-state index contributed by atoms with van der Waals surface area (Å²) >= 11 is 1.21. The molecule has 3 heterocycles. The Labute approximate surface area is 240 Å². The maximum Gasteiger partial charge on any atom is 0.338 e. The Morgan fingerprint density at radius 3 is 2.51 bits per heavy atom. The number of aryl methyl sites for hydroxylation is 1. The lowest BCUT2D eigenvalue weighted by atomic mass is 9.93. The molecule has 1 N–H and O–H groups in total. The molecule has 2 aromatic heterocycles. The van der Waals surface area contributed by atoms with Crippen LogP contribution >= 0.6 is 11.3 Å². The minimum atomic E-state index is -1.02. The highest BCUT2D eigenvalue weighted by atomic mass is 32.1. The third kappa shape index (κ3) is 5.32. The van der Waals surface area contributed by atoms with E-state index < -0.39 is 18.0 Å². The van der Waals surface area contributed by atoms with Crippen molar-refractivity contribution >= 4 is 29.4 Å². The number of esters is 1. The van der Waals surface area contributed by atoms with Gasteiger partial charge in [-0.1, -0.05) is 55.5 Å². The van der Waals surface area contributed by atoms with Gasteiger partial charge in [-0.2, -0.15) is 0 Å². The first-order valence-electron chi connectivity index (χ1n) is 13.3. The maximum absolute atomic E-state index is 13.9. The minimum Gasteiger partial charge on any atom is -0.478 e. The van der Waals surface area contributed by atoms with Crippen molar-refractivity contribution in [1.82, 2.24) is 4.57 Å². The smallest absolute Gasteiger partial charge is 0.338 e. The minimum absolute atomic E-state index is 0.158. The van der Waals surface area contributed by atoms with Crippen LogP contribution in [0.3, 0.4) is 0 Å². The molecular weight excluding hydrogens is 540 g/mol. The lowest BCUT2D eigenvalue weighted by Crippen LogP contribution is -2.39. The highest BCUT2D eigenvalue weighted by Crippen LogP contribution is 2.32. The molecule has 1 aliphatic rings. The number of hydrogen-bond acceptors (Lipinski definition) is 7. The van der Waals surface area contributed by atoms with Crippen LogP contribution in [0.25, 0.3) is 17.4 Å². The fourth-order valence-corrected chi connectivity index (χ4v) is 5.92. The molecule has 0 unspecified atom stereocenters. The Hall–Kier alpha value is -4.50. The molecule has 4 aromatic rings. The molecule has 2 aromatic carbocycles. The quantitative estimate of drug-likeness (QED) is 0.306. The van der Waals surface area contributed by atoms with Crippen LogP contribution < -0.4 is 14.9 Å². The third-order valence-corrected chi connectivity index (χ3v) is 8.07. The van der Waals surface area contributed by atoms with Gasteiger partial charge in [0, 0.05) is 11.6 Å². The Kier molecular flexibility index (Phi) is 7.64. The van der Waals surface area contributed by atoms with Crippen molar-refractivity contribution in [1.29, 1.82) is 0 Å². The number of hydrogen-bond donors (Lipinski definition) is 1. The number of ether oxygens (including phenoxy) is 1. The van der Waals surface area contributed by atoms with Gasteiger partial charge in [-0.25, -0.2) is 14.6 Å². The second kappa shape index (κ2) is 11.2. The zero-order chi connectivity index (χ0) is 29.4. The van der Waals surface area contributed by atoms with Gasteiger partial charge < -0.3 is 14.3 Å². The number of carboxylic acids is 1. The first-order chi connectivity index (χ1) is 19.6. The zero-order valence-corrected chi connectivity index (χ0v) is 24.2. The number of carbonyl (C=O) groups is 2. The summed E-state index contributed by atoms with van der Waals surface area (Å²) in [6, 6.07) is 15.6. The number of carboxylic acid groups (broad SMARTS) is 1. The second-order valence-electron chi connectivity index (χ2n) is 10.2. The van der Waals surface area contributed by atoms with Gasteiger partial charge in [0.1, 0.15) is 11.5 Å². The SMILES string of the molecule is CCOC(=O)C1=C(C)N=c2s/c(=C\c3ccc(-c4cc(C(=O)O)ccc4C)o3)c(=O)n2[C@H]1c1ccc(C(C)C)cc1. The normalized spacial score (nSPS) is 15.2. The molecule has 8 nitrogen and oxygen atoms in total. The van der Waals surface area contributed by atoms with Gasteiger partial charge in [-0.3, -0.25) is 9.36 Å². The van der Waals surface area contributed by atoms with E-state index >= 15 is 0 Å². The van der Waals surface area contributed by atoms with Gasteiger partial charge in [-0.05, 0) is 67.6 Å². The number of fused-ring (bicyclic) bond motifs is 1. The van der Waals surface area contributed by atoms with Crippen LogP contribution in [0.2, 0.25) is 0 Å². The predicted octanol–water partition coefficient (Wildman–Crippen LogP) is 5.19. The molecule has 0 bridgehead atoms. The van der Waals surface area contributed by atoms with Crippen molar-refractivity contribution in [2.45, 2.75) is 46.6 Å². The molecular formula is C32H30N2O6S. The molecule has 0 amide bonds. The summed E-state index contributed by atoms with van der Waals surface area (Å²) in [5.41, 5.74) is 4.14. The number of aromatic nitrogens is 1. The van der Waals surface area contributed by atoms with E-state index in [9.17, 15) is 19.5 Å². The summed E-state index contributed by atoms with van der Waals surface area (Å²) in [7, 11) is 0. The van der Waals surface area contributed by atoms with E-state index in [2.05, 4.69) is 18.8 Å². The van der Waals surface area contributed by atoms with Crippen LogP contribution in [0, 0.1) is 6.92 Å². The molecule has 0 saturated carbocycles. The molecule has 0 radical (unpaired) electrons.